The molecule has 3 aromatic rings. The molecule has 0 amide bonds. The Bertz CT molecular complexity index is 671. The number of hydrogen-bond donors (Lipinski definition) is 1. The molecule has 0 aliphatic carbocycles. The van der Waals surface area contributed by atoms with Gasteiger partial charge in [-0.2, -0.15) is 0 Å². The van der Waals surface area contributed by atoms with E-state index in [9.17, 15) is 0 Å². The van der Waals surface area contributed by atoms with E-state index in [-0.39, 0.29) is 0 Å². The third-order valence-corrected chi connectivity index (χ3v) is 3.26. The number of halogens is 1. The minimum absolute atomic E-state index is 0.763. The SMILES string of the molecule is Nc1ccc(-c2cn3cccc(Br)c3n2)cc1. The molecule has 2 aromatic heterocycles. The Hall–Kier alpha value is -1.81. The number of imidazole rings is 1. The number of fused-ring (bicyclic) bond motifs is 1. The van der Waals surface area contributed by atoms with Crippen LogP contribution in [0, 0.1) is 0 Å². The first-order valence-corrected chi connectivity index (χ1v) is 6.02. The number of nitrogens with zero attached hydrogens (tertiary/aromatic N) is 2. The van der Waals surface area contributed by atoms with Crippen LogP contribution in [0.3, 0.4) is 0 Å². The minimum atomic E-state index is 0.763. The van der Waals surface area contributed by atoms with Gasteiger partial charge in [0.15, 0.2) is 5.65 Å². The molecule has 0 radical (unpaired) electrons. The third-order valence-electron chi connectivity index (χ3n) is 2.64. The zero-order chi connectivity index (χ0) is 11.8. The smallest absolute Gasteiger partial charge is 0.151 e. The number of rotatable bonds is 1. The van der Waals surface area contributed by atoms with E-state index >= 15 is 0 Å². The first-order chi connectivity index (χ1) is 8.24. The summed E-state index contributed by atoms with van der Waals surface area (Å²) in [6.07, 6.45) is 3.99. The van der Waals surface area contributed by atoms with Crippen LogP contribution in [0.4, 0.5) is 5.69 Å². The van der Waals surface area contributed by atoms with Crippen molar-refractivity contribution < 1.29 is 0 Å². The Morgan fingerprint density at radius 1 is 1.12 bits per heavy atom. The van der Waals surface area contributed by atoms with Gasteiger partial charge in [-0.1, -0.05) is 12.1 Å². The number of nitrogens with two attached hydrogens (primary N) is 1. The number of anilines is 1. The van der Waals surface area contributed by atoms with Crippen molar-refractivity contribution in [2.24, 2.45) is 0 Å². The van der Waals surface area contributed by atoms with Crippen molar-refractivity contribution in [3.8, 4) is 11.3 Å². The Morgan fingerprint density at radius 3 is 2.59 bits per heavy atom. The van der Waals surface area contributed by atoms with Crippen LogP contribution < -0.4 is 5.73 Å². The first kappa shape index (κ1) is 10.4. The van der Waals surface area contributed by atoms with Gasteiger partial charge in [0.1, 0.15) is 0 Å². The van der Waals surface area contributed by atoms with Gasteiger partial charge in [-0.3, -0.25) is 0 Å². The van der Waals surface area contributed by atoms with E-state index in [2.05, 4.69) is 20.9 Å². The van der Waals surface area contributed by atoms with E-state index in [0.29, 0.717) is 0 Å². The number of aromatic nitrogens is 2. The topological polar surface area (TPSA) is 43.3 Å². The molecule has 1 aromatic carbocycles. The van der Waals surface area contributed by atoms with Gasteiger partial charge in [-0.15, -0.1) is 0 Å². The predicted molar refractivity (Wildman–Crippen MR) is 72.7 cm³/mol. The van der Waals surface area contributed by atoms with E-state index in [1.165, 1.54) is 0 Å². The molecule has 0 fully saturated rings. The van der Waals surface area contributed by atoms with Crippen LogP contribution in [0.15, 0.2) is 53.3 Å². The summed E-state index contributed by atoms with van der Waals surface area (Å²) in [5.74, 6) is 0. The lowest BCUT2D eigenvalue weighted by Gasteiger charge is -1.96. The second-order valence-electron chi connectivity index (χ2n) is 3.84. The molecule has 2 heterocycles. The van der Waals surface area contributed by atoms with Gasteiger partial charge in [0.25, 0.3) is 0 Å². The average molecular weight is 288 g/mol. The number of pyridine rings is 1. The largest absolute Gasteiger partial charge is 0.399 e. The van der Waals surface area contributed by atoms with Crippen molar-refractivity contribution in [2.45, 2.75) is 0 Å². The van der Waals surface area contributed by atoms with Crippen LogP contribution in [0.1, 0.15) is 0 Å². The second-order valence-corrected chi connectivity index (χ2v) is 4.69. The zero-order valence-corrected chi connectivity index (χ0v) is 10.6. The van der Waals surface area contributed by atoms with Crippen LogP contribution >= 0.6 is 15.9 Å². The Morgan fingerprint density at radius 2 is 1.88 bits per heavy atom. The van der Waals surface area contributed by atoms with Crippen LogP contribution in [0.25, 0.3) is 16.9 Å². The molecule has 0 spiro atoms. The second kappa shape index (κ2) is 3.89. The van der Waals surface area contributed by atoms with Crippen molar-refractivity contribution in [3.63, 3.8) is 0 Å². The van der Waals surface area contributed by atoms with Gasteiger partial charge >= 0.3 is 0 Å². The summed E-state index contributed by atoms with van der Waals surface area (Å²) < 4.78 is 2.98. The monoisotopic (exact) mass is 287 g/mol. The van der Waals surface area contributed by atoms with Crippen molar-refractivity contribution >= 4 is 27.3 Å². The lowest BCUT2D eigenvalue weighted by molar-refractivity contribution is 1.18. The van der Waals surface area contributed by atoms with Crippen LogP contribution in [0.5, 0.6) is 0 Å². The summed E-state index contributed by atoms with van der Waals surface area (Å²) in [6, 6.07) is 11.7. The van der Waals surface area contributed by atoms with Gasteiger partial charge in [-0.25, -0.2) is 4.98 Å². The molecule has 3 rings (SSSR count). The van der Waals surface area contributed by atoms with Crippen LogP contribution in [-0.4, -0.2) is 9.38 Å². The van der Waals surface area contributed by atoms with Gasteiger partial charge < -0.3 is 10.1 Å². The third kappa shape index (κ3) is 1.80. The Kier molecular flexibility index (Phi) is 2.37. The van der Waals surface area contributed by atoms with E-state index in [1.54, 1.807) is 0 Å². The van der Waals surface area contributed by atoms with Crippen molar-refractivity contribution in [3.05, 3.63) is 53.3 Å². The molecule has 3 nitrogen and oxygen atoms in total. The van der Waals surface area contributed by atoms with Crippen LogP contribution in [-0.2, 0) is 0 Å². The number of hydrogen-bond acceptors (Lipinski definition) is 2. The summed E-state index contributed by atoms with van der Waals surface area (Å²) in [7, 11) is 0. The predicted octanol–water partition coefficient (Wildman–Crippen LogP) is 3.35. The summed E-state index contributed by atoms with van der Waals surface area (Å²) in [5.41, 5.74) is 9.36. The Labute approximate surface area is 107 Å². The molecule has 0 bridgehead atoms. The fourth-order valence-corrected chi connectivity index (χ4v) is 2.22. The normalized spacial score (nSPS) is 10.9. The highest BCUT2D eigenvalue weighted by atomic mass is 79.9. The molecule has 17 heavy (non-hydrogen) atoms. The van der Waals surface area contributed by atoms with E-state index < -0.39 is 0 Å². The molecule has 2 N–H and O–H groups in total. The molecule has 4 heteroatoms. The molecular weight excluding hydrogens is 278 g/mol. The molecule has 0 atom stereocenters. The van der Waals surface area contributed by atoms with Gasteiger partial charge in [0, 0.05) is 23.6 Å². The fourth-order valence-electron chi connectivity index (χ4n) is 1.77. The molecule has 0 saturated carbocycles. The number of benzene rings is 1. The minimum Gasteiger partial charge on any atom is -0.399 e. The zero-order valence-electron chi connectivity index (χ0n) is 8.97. The summed E-state index contributed by atoms with van der Waals surface area (Å²) in [6.45, 7) is 0. The maximum Gasteiger partial charge on any atom is 0.151 e. The maximum absolute atomic E-state index is 5.67. The molecular formula is C13H10BrN3. The fraction of sp³-hybridized carbons (Fsp3) is 0. The van der Waals surface area contributed by atoms with Crippen LogP contribution in [0.2, 0.25) is 0 Å². The number of nitrogen functional groups attached to an aromatic ring is 1. The standard InChI is InChI=1S/C13H10BrN3/c14-11-2-1-7-17-8-12(16-13(11)17)9-3-5-10(15)6-4-9/h1-8H,15H2. The highest BCUT2D eigenvalue weighted by Gasteiger charge is 2.05. The van der Waals surface area contributed by atoms with Crippen molar-refractivity contribution in [1.29, 1.82) is 0 Å². The van der Waals surface area contributed by atoms with E-state index in [0.717, 1.165) is 27.1 Å². The average Bonchev–Trinajstić information content (AvgIpc) is 2.75. The summed E-state index contributed by atoms with van der Waals surface area (Å²) in [4.78, 5) is 4.59. The lowest BCUT2D eigenvalue weighted by atomic mass is 10.1. The molecule has 0 saturated heterocycles. The highest BCUT2D eigenvalue weighted by Crippen LogP contribution is 2.23. The molecule has 0 aliphatic heterocycles. The molecule has 84 valence electrons. The van der Waals surface area contributed by atoms with Crippen molar-refractivity contribution in [2.75, 3.05) is 5.73 Å². The highest BCUT2D eigenvalue weighted by molar-refractivity contribution is 9.10. The summed E-state index contributed by atoms with van der Waals surface area (Å²) >= 11 is 3.49. The van der Waals surface area contributed by atoms with Crippen molar-refractivity contribution in [1.82, 2.24) is 9.38 Å². The summed E-state index contributed by atoms with van der Waals surface area (Å²) in [5, 5.41) is 0. The molecule has 0 unspecified atom stereocenters. The van der Waals surface area contributed by atoms with Gasteiger partial charge in [0.05, 0.1) is 10.2 Å². The van der Waals surface area contributed by atoms with E-state index in [1.807, 2.05) is 53.2 Å². The van der Waals surface area contributed by atoms with E-state index in [4.69, 9.17) is 5.73 Å². The Balaban J connectivity index is 2.18. The first-order valence-electron chi connectivity index (χ1n) is 5.23. The molecule has 0 aliphatic rings. The quantitative estimate of drug-likeness (QED) is 0.698. The maximum atomic E-state index is 5.67. The van der Waals surface area contributed by atoms with Gasteiger partial charge in [-0.05, 0) is 40.2 Å². The van der Waals surface area contributed by atoms with Gasteiger partial charge in [0.2, 0.25) is 0 Å². The lowest BCUT2D eigenvalue weighted by Crippen LogP contribution is -1.83.